The monoisotopic (exact) mass is 271 g/mol. The fourth-order valence-electron chi connectivity index (χ4n) is 2.59. The topological polar surface area (TPSA) is 50.8 Å². The Bertz CT molecular complexity index is 637. The fourth-order valence-corrected chi connectivity index (χ4v) is 2.59. The number of nitriles is 1. The van der Waals surface area contributed by atoms with Crippen LogP contribution in [0, 0.1) is 17.2 Å². The molecule has 1 aromatic carbocycles. The Morgan fingerprint density at radius 3 is 2.70 bits per heavy atom. The Morgan fingerprint density at radius 1 is 1.35 bits per heavy atom. The number of rotatable bonds is 5. The highest BCUT2D eigenvalue weighted by molar-refractivity contribution is 5.78. The third-order valence-electron chi connectivity index (χ3n) is 3.39. The average Bonchev–Trinajstić information content (AvgIpc) is 2.75. The molecule has 1 heterocycles. The molecule has 1 aromatic heterocycles. The molecule has 0 aliphatic carbocycles. The van der Waals surface area contributed by atoms with E-state index in [9.17, 15) is 0 Å². The van der Waals surface area contributed by atoms with Gasteiger partial charge < -0.3 is 9.30 Å². The van der Waals surface area contributed by atoms with Crippen LogP contribution in [0.4, 0.5) is 0 Å². The second-order valence-corrected chi connectivity index (χ2v) is 5.57. The van der Waals surface area contributed by atoms with Gasteiger partial charge in [-0.1, -0.05) is 6.92 Å². The van der Waals surface area contributed by atoms with Crippen molar-refractivity contribution in [1.82, 2.24) is 9.55 Å². The van der Waals surface area contributed by atoms with E-state index in [4.69, 9.17) is 15.0 Å². The van der Waals surface area contributed by atoms with Gasteiger partial charge in [0.2, 0.25) is 0 Å². The Labute approximate surface area is 120 Å². The minimum Gasteiger partial charge on any atom is -0.384 e. The smallest absolute Gasteiger partial charge is 0.110 e. The molecule has 0 saturated carbocycles. The lowest BCUT2D eigenvalue weighted by atomic mass is 10.1. The van der Waals surface area contributed by atoms with E-state index in [0.717, 1.165) is 29.9 Å². The van der Waals surface area contributed by atoms with Crippen molar-refractivity contribution in [2.45, 2.75) is 33.2 Å². The van der Waals surface area contributed by atoms with Gasteiger partial charge in [-0.25, -0.2) is 4.98 Å². The molecule has 0 fully saturated rings. The fraction of sp³-hybridized carbons (Fsp3) is 0.500. The van der Waals surface area contributed by atoms with Crippen molar-refractivity contribution in [3.63, 3.8) is 0 Å². The van der Waals surface area contributed by atoms with Gasteiger partial charge in [-0.2, -0.15) is 5.26 Å². The third kappa shape index (κ3) is 2.83. The van der Waals surface area contributed by atoms with E-state index in [0.29, 0.717) is 17.5 Å². The zero-order chi connectivity index (χ0) is 14.7. The van der Waals surface area contributed by atoms with Crippen LogP contribution >= 0.6 is 0 Å². The molecule has 20 heavy (non-hydrogen) atoms. The first-order chi connectivity index (χ1) is 9.56. The number of benzene rings is 1. The Balaban J connectivity index is 2.47. The Hall–Kier alpha value is -1.86. The summed E-state index contributed by atoms with van der Waals surface area (Å²) >= 11 is 0. The van der Waals surface area contributed by atoms with E-state index in [1.807, 2.05) is 18.2 Å². The first-order valence-electron chi connectivity index (χ1n) is 6.96. The number of methoxy groups -OCH3 is 1. The van der Waals surface area contributed by atoms with E-state index in [1.165, 1.54) is 0 Å². The first kappa shape index (κ1) is 14.5. The van der Waals surface area contributed by atoms with Gasteiger partial charge in [-0.15, -0.1) is 0 Å². The van der Waals surface area contributed by atoms with E-state index in [-0.39, 0.29) is 0 Å². The molecule has 4 nitrogen and oxygen atoms in total. The van der Waals surface area contributed by atoms with Crippen LogP contribution in [0.2, 0.25) is 0 Å². The zero-order valence-electron chi connectivity index (χ0n) is 12.6. The highest BCUT2D eigenvalue weighted by Crippen LogP contribution is 2.23. The lowest BCUT2D eigenvalue weighted by Crippen LogP contribution is -2.13. The van der Waals surface area contributed by atoms with Crippen LogP contribution in [0.5, 0.6) is 0 Å². The summed E-state index contributed by atoms with van der Waals surface area (Å²) in [5.74, 6) is 1.49. The molecule has 1 atom stereocenters. The first-order valence-corrected chi connectivity index (χ1v) is 6.96. The molecule has 2 aromatic rings. The van der Waals surface area contributed by atoms with Gasteiger partial charge in [0.1, 0.15) is 5.82 Å². The van der Waals surface area contributed by atoms with Gasteiger partial charge in [-0.3, -0.25) is 0 Å². The number of hydrogen-bond acceptors (Lipinski definition) is 3. The lowest BCUT2D eigenvalue weighted by Gasteiger charge is -2.15. The summed E-state index contributed by atoms with van der Waals surface area (Å²) in [5, 5.41) is 9.00. The molecule has 0 radical (unpaired) electrons. The minimum absolute atomic E-state index is 0.345. The highest BCUT2D eigenvalue weighted by atomic mass is 16.5. The molecule has 0 aliphatic rings. The lowest BCUT2D eigenvalue weighted by molar-refractivity contribution is 0.158. The van der Waals surface area contributed by atoms with Crippen LogP contribution in [-0.4, -0.2) is 23.3 Å². The maximum atomic E-state index is 9.00. The van der Waals surface area contributed by atoms with Gasteiger partial charge in [0.05, 0.1) is 22.7 Å². The van der Waals surface area contributed by atoms with Gasteiger partial charge in [0, 0.05) is 26.2 Å². The summed E-state index contributed by atoms with van der Waals surface area (Å²) in [7, 11) is 1.72. The Morgan fingerprint density at radius 2 is 2.10 bits per heavy atom. The number of nitrogens with zero attached hydrogens (tertiary/aromatic N) is 3. The van der Waals surface area contributed by atoms with Crippen molar-refractivity contribution in [2.24, 2.45) is 5.92 Å². The van der Waals surface area contributed by atoms with E-state index in [2.05, 4.69) is 31.4 Å². The van der Waals surface area contributed by atoms with Crippen LogP contribution < -0.4 is 0 Å². The number of ether oxygens (including phenoxy) is 1. The zero-order valence-corrected chi connectivity index (χ0v) is 12.6. The molecule has 0 amide bonds. The highest BCUT2D eigenvalue weighted by Gasteiger charge is 2.16. The SMILES string of the molecule is COCC(C)Cc1nc2cc(C#N)ccc2n1C(C)C. The maximum absolute atomic E-state index is 9.00. The van der Waals surface area contributed by atoms with E-state index in [1.54, 1.807) is 7.11 Å². The minimum atomic E-state index is 0.345. The van der Waals surface area contributed by atoms with Gasteiger partial charge in [0.15, 0.2) is 0 Å². The number of fused-ring (bicyclic) bond motifs is 1. The predicted molar refractivity (Wildman–Crippen MR) is 79.6 cm³/mol. The van der Waals surface area contributed by atoms with Crippen LogP contribution in [-0.2, 0) is 11.2 Å². The van der Waals surface area contributed by atoms with E-state index < -0.39 is 0 Å². The van der Waals surface area contributed by atoms with Crippen molar-refractivity contribution in [2.75, 3.05) is 13.7 Å². The van der Waals surface area contributed by atoms with Gasteiger partial charge in [-0.05, 0) is 38.0 Å². The molecular formula is C16H21N3O. The summed E-state index contributed by atoms with van der Waals surface area (Å²) in [4.78, 5) is 4.72. The van der Waals surface area contributed by atoms with E-state index >= 15 is 0 Å². The van der Waals surface area contributed by atoms with Crippen molar-refractivity contribution in [1.29, 1.82) is 5.26 Å². The average molecular weight is 271 g/mol. The molecular weight excluding hydrogens is 250 g/mol. The largest absolute Gasteiger partial charge is 0.384 e. The molecule has 2 rings (SSSR count). The molecule has 0 aliphatic heterocycles. The number of aromatic nitrogens is 2. The van der Waals surface area contributed by atoms with Crippen LogP contribution in [0.3, 0.4) is 0 Å². The van der Waals surface area contributed by atoms with Crippen molar-refractivity contribution >= 4 is 11.0 Å². The summed E-state index contributed by atoms with van der Waals surface area (Å²) in [5.41, 5.74) is 2.65. The summed E-state index contributed by atoms with van der Waals surface area (Å²) < 4.78 is 7.46. The van der Waals surface area contributed by atoms with Crippen LogP contribution in [0.25, 0.3) is 11.0 Å². The summed E-state index contributed by atoms with van der Waals surface area (Å²) in [6, 6.07) is 8.22. The van der Waals surface area contributed by atoms with Crippen LogP contribution in [0.15, 0.2) is 18.2 Å². The van der Waals surface area contributed by atoms with Crippen molar-refractivity contribution in [3.8, 4) is 6.07 Å². The standard InChI is InChI=1S/C16H21N3O/c1-11(2)19-15-6-5-13(9-17)8-14(15)18-16(19)7-12(3)10-20-4/h5-6,8,11-12H,7,10H2,1-4H3. The molecule has 0 N–H and O–H groups in total. The normalized spacial score (nSPS) is 12.8. The number of hydrogen-bond donors (Lipinski definition) is 0. The molecule has 0 saturated heterocycles. The molecule has 0 spiro atoms. The van der Waals surface area contributed by atoms with Crippen LogP contribution in [0.1, 0.15) is 38.2 Å². The third-order valence-corrected chi connectivity index (χ3v) is 3.39. The predicted octanol–water partition coefficient (Wildman–Crippen LogP) is 3.31. The molecule has 4 heteroatoms. The maximum Gasteiger partial charge on any atom is 0.110 e. The molecule has 106 valence electrons. The Kier molecular flexibility index (Phi) is 4.41. The van der Waals surface area contributed by atoms with Crippen molar-refractivity contribution < 1.29 is 4.74 Å². The summed E-state index contributed by atoms with van der Waals surface area (Å²) in [6.07, 6.45) is 0.878. The second-order valence-electron chi connectivity index (χ2n) is 5.57. The van der Waals surface area contributed by atoms with Gasteiger partial charge >= 0.3 is 0 Å². The summed E-state index contributed by atoms with van der Waals surface area (Å²) in [6.45, 7) is 7.20. The molecule has 0 bridgehead atoms. The quantitative estimate of drug-likeness (QED) is 0.838. The second kappa shape index (κ2) is 6.06. The van der Waals surface area contributed by atoms with Crippen molar-refractivity contribution in [3.05, 3.63) is 29.6 Å². The molecule has 1 unspecified atom stereocenters. The van der Waals surface area contributed by atoms with Gasteiger partial charge in [0.25, 0.3) is 0 Å². The number of imidazole rings is 1.